The number of nitrogen functional groups attached to an aromatic ring is 1. The molecule has 2 fully saturated rings. The lowest BCUT2D eigenvalue weighted by Crippen LogP contribution is -2.30. The number of anilines is 4. The molecular weight excluding hydrogens is 474 g/mol. The predicted octanol–water partition coefficient (Wildman–Crippen LogP) is 5.16. The summed E-state index contributed by atoms with van der Waals surface area (Å²) < 4.78 is 6.16. The Hall–Kier alpha value is -3.66. The van der Waals surface area contributed by atoms with E-state index in [4.69, 9.17) is 15.1 Å². The van der Waals surface area contributed by atoms with Crippen LogP contribution in [0.2, 0.25) is 0 Å². The maximum Gasteiger partial charge on any atom is 0.298 e. The minimum absolute atomic E-state index is 0.255. The Morgan fingerprint density at radius 2 is 1.72 bits per heavy atom. The van der Waals surface area contributed by atoms with Gasteiger partial charge in [0.2, 0.25) is 0 Å². The van der Waals surface area contributed by atoms with Crippen LogP contribution in [-0.2, 0) is 0 Å². The first-order chi connectivity index (χ1) is 17.6. The summed E-state index contributed by atoms with van der Waals surface area (Å²) in [5, 5.41) is 5.60. The fourth-order valence-corrected chi connectivity index (χ4v) is 5.69. The topological polar surface area (TPSA) is 113 Å². The highest BCUT2D eigenvalue weighted by molar-refractivity contribution is 7.13. The molecule has 3 aromatic heterocycles. The number of hydrogen-bond acceptors (Lipinski definition) is 9. The second-order valence-electron chi connectivity index (χ2n) is 9.39. The molecule has 1 amide bonds. The van der Waals surface area contributed by atoms with E-state index >= 15 is 0 Å². The SMILES string of the molecule is Nc1ccc(-c2nc(C(=O)Nc3cc4oc(N5CCCCC5)nc4cc3N3CCCCC3)cs2)cn1. The number of carbonyl (C=O) groups excluding carboxylic acids is 1. The molecule has 9 nitrogen and oxygen atoms in total. The Bertz CT molecular complexity index is 1370. The van der Waals surface area contributed by atoms with Crippen LogP contribution in [-0.4, -0.2) is 47.0 Å². The normalized spacial score (nSPS) is 16.4. The molecule has 36 heavy (non-hydrogen) atoms. The fourth-order valence-electron chi connectivity index (χ4n) is 4.90. The number of nitrogens with zero attached hydrogens (tertiary/aromatic N) is 5. The Morgan fingerprint density at radius 1 is 0.972 bits per heavy atom. The first kappa shape index (κ1) is 22.8. The van der Waals surface area contributed by atoms with Crippen molar-refractivity contribution in [2.24, 2.45) is 0 Å². The molecule has 10 heteroatoms. The highest BCUT2D eigenvalue weighted by Gasteiger charge is 2.22. The lowest BCUT2D eigenvalue weighted by atomic mass is 10.1. The van der Waals surface area contributed by atoms with E-state index < -0.39 is 0 Å². The maximum absolute atomic E-state index is 13.3. The summed E-state index contributed by atoms with van der Waals surface area (Å²) in [6, 6.07) is 8.22. The molecule has 4 aromatic rings. The Kier molecular flexibility index (Phi) is 6.18. The van der Waals surface area contributed by atoms with E-state index in [-0.39, 0.29) is 5.91 Å². The van der Waals surface area contributed by atoms with E-state index in [1.165, 1.54) is 24.2 Å². The molecule has 0 bridgehead atoms. The Balaban J connectivity index is 1.31. The van der Waals surface area contributed by atoms with Crippen LogP contribution in [0.25, 0.3) is 21.7 Å². The van der Waals surface area contributed by atoms with Gasteiger partial charge in [-0.2, -0.15) is 4.98 Å². The number of hydrogen-bond donors (Lipinski definition) is 2. The molecule has 0 aliphatic carbocycles. The maximum atomic E-state index is 13.3. The van der Waals surface area contributed by atoms with Crippen molar-refractivity contribution >= 4 is 51.6 Å². The zero-order valence-corrected chi connectivity index (χ0v) is 20.9. The summed E-state index contributed by atoms with van der Waals surface area (Å²) in [5.41, 5.74) is 10.1. The average Bonchev–Trinajstić information content (AvgIpc) is 3.57. The van der Waals surface area contributed by atoms with Crippen molar-refractivity contribution in [3.05, 3.63) is 41.5 Å². The van der Waals surface area contributed by atoms with Crippen LogP contribution < -0.4 is 20.9 Å². The highest BCUT2D eigenvalue weighted by atomic mass is 32.1. The number of amides is 1. The van der Waals surface area contributed by atoms with Crippen molar-refractivity contribution < 1.29 is 9.21 Å². The number of nitrogens with two attached hydrogens (primary N) is 1. The first-order valence-corrected chi connectivity index (χ1v) is 13.5. The third-order valence-electron chi connectivity index (χ3n) is 6.84. The minimum atomic E-state index is -0.255. The second-order valence-corrected chi connectivity index (χ2v) is 10.3. The van der Waals surface area contributed by atoms with Crippen LogP contribution in [0.15, 0.2) is 40.3 Å². The number of oxazole rings is 1. The lowest BCUT2D eigenvalue weighted by molar-refractivity contribution is 0.102. The molecule has 186 valence electrons. The van der Waals surface area contributed by atoms with Gasteiger partial charge in [-0.15, -0.1) is 11.3 Å². The van der Waals surface area contributed by atoms with Gasteiger partial charge >= 0.3 is 0 Å². The molecular formula is C26H29N7O2S. The smallest absolute Gasteiger partial charge is 0.298 e. The number of piperidine rings is 2. The molecule has 3 N–H and O–H groups in total. The van der Waals surface area contributed by atoms with Crippen LogP contribution in [0.1, 0.15) is 49.0 Å². The number of carbonyl (C=O) groups is 1. The van der Waals surface area contributed by atoms with Crippen LogP contribution in [0.3, 0.4) is 0 Å². The van der Waals surface area contributed by atoms with Crippen molar-refractivity contribution in [2.45, 2.75) is 38.5 Å². The van der Waals surface area contributed by atoms with Crippen molar-refractivity contribution in [2.75, 3.05) is 47.0 Å². The van der Waals surface area contributed by atoms with Gasteiger partial charge in [-0.3, -0.25) is 4.79 Å². The second kappa shape index (κ2) is 9.77. The molecule has 5 heterocycles. The van der Waals surface area contributed by atoms with Crippen LogP contribution in [0.5, 0.6) is 0 Å². The number of benzene rings is 1. The van der Waals surface area contributed by atoms with Crippen molar-refractivity contribution in [3.8, 4) is 10.6 Å². The number of fused-ring (bicyclic) bond motifs is 1. The van der Waals surface area contributed by atoms with Gasteiger partial charge in [-0.25, -0.2) is 9.97 Å². The first-order valence-electron chi connectivity index (χ1n) is 12.6. The third-order valence-corrected chi connectivity index (χ3v) is 7.73. The van der Waals surface area contributed by atoms with Gasteiger partial charge in [-0.1, -0.05) is 0 Å². The zero-order valence-electron chi connectivity index (χ0n) is 20.1. The molecule has 1 aromatic carbocycles. The van der Waals surface area contributed by atoms with Crippen LogP contribution in [0, 0.1) is 0 Å². The predicted molar refractivity (Wildman–Crippen MR) is 144 cm³/mol. The molecule has 0 unspecified atom stereocenters. The van der Waals surface area contributed by atoms with Gasteiger partial charge in [0.15, 0.2) is 5.58 Å². The van der Waals surface area contributed by atoms with Gasteiger partial charge in [0, 0.05) is 49.4 Å². The van der Waals surface area contributed by atoms with E-state index in [2.05, 4.69) is 31.2 Å². The van der Waals surface area contributed by atoms with Gasteiger partial charge in [0.25, 0.3) is 11.9 Å². The fraction of sp³-hybridized carbons (Fsp3) is 0.385. The Morgan fingerprint density at radius 3 is 2.44 bits per heavy atom. The number of rotatable bonds is 5. The van der Waals surface area contributed by atoms with Gasteiger partial charge < -0.3 is 25.3 Å². The molecule has 0 radical (unpaired) electrons. The average molecular weight is 504 g/mol. The van der Waals surface area contributed by atoms with Crippen molar-refractivity contribution in [1.82, 2.24) is 15.0 Å². The molecule has 2 aliphatic rings. The van der Waals surface area contributed by atoms with E-state index in [0.717, 1.165) is 79.3 Å². The largest absolute Gasteiger partial charge is 0.423 e. The van der Waals surface area contributed by atoms with Gasteiger partial charge in [0.1, 0.15) is 22.0 Å². The molecule has 0 atom stereocenters. The van der Waals surface area contributed by atoms with Crippen molar-refractivity contribution in [3.63, 3.8) is 0 Å². The number of pyridine rings is 1. The number of aromatic nitrogens is 3. The summed E-state index contributed by atoms with van der Waals surface area (Å²) in [6.45, 7) is 3.84. The highest BCUT2D eigenvalue weighted by Crippen LogP contribution is 2.36. The van der Waals surface area contributed by atoms with E-state index in [1.807, 2.05) is 12.1 Å². The summed E-state index contributed by atoms with van der Waals surface area (Å²) in [4.78, 5) is 31.3. The summed E-state index contributed by atoms with van der Waals surface area (Å²) in [6.07, 6.45) is 8.72. The number of thiazole rings is 1. The van der Waals surface area contributed by atoms with E-state index in [1.54, 1.807) is 17.6 Å². The van der Waals surface area contributed by atoms with Gasteiger partial charge in [0.05, 0.1) is 11.4 Å². The number of nitrogens with one attached hydrogen (secondary N) is 1. The van der Waals surface area contributed by atoms with Crippen LogP contribution >= 0.6 is 11.3 Å². The lowest BCUT2D eigenvalue weighted by Gasteiger charge is -2.30. The van der Waals surface area contributed by atoms with Crippen molar-refractivity contribution in [1.29, 1.82) is 0 Å². The monoisotopic (exact) mass is 503 g/mol. The summed E-state index contributed by atoms with van der Waals surface area (Å²) >= 11 is 1.40. The quantitative estimate of drug-likeness (QED) is 0.384. The van der Waals surface area contributed by atoms with E-state index in [0.29, 0.717) is 23.1 Å². The Labute approximate surface area is 213 Å². The molecule has 0 saturated carbocycles. The summed E-state index contributed by atoms with van der Waals surface area (Å²) in [7, 11) is 0. The van der Waals surface area contributed by atoms with Gasteiger partial charge in [-0.05, 0) is 56.7 Å². The molecule has 6 rings (SSSR count). The molecule has 0 spiro atoms. The minimum Gasteiger partial charge on any atom is -0.423 e. The molecule has 2 saturated heterocycles. The third kappa shape index (κ3) is 4.60. The van der Waals surface area contributed by atoms with Crippen LogP contribution in [0.4, 0.5) is 23.2 Å². The van der Waals surface area contributed by atoms with E-state index in [9.17, 15) is 4.79 Å². The molecule has 2 aliphatic heterocycles. The summed E-state index contributed by atoms with van der Waals surface area (Å²) in [5.74, 6) is 0.194. The standard InChI is InChI=1S/C26H29N7O2S/c27-23-8-7-17(15-28-23)25-30-20(16-36-25)24(34)29-18-14-22-19(13-21(18)32-9-3-1-4-10-32)31-26(35-22)33-11-5-2-6-12-33/h7-8,13-16H,1-6,9-12H2,(H2,27,28)(H,29,34). The zero-order chi connectivity index (χ0) is 24.5.